The second kappa shape index (κ2) is 7.35. The topological polar surface area (TPSA) is 66.9 Å². The van der Waals surface area contributed by atoms with E-state index < -0.39 is 0 Å². The smallest absolute Gasteiger partial charge is 0.238 e. The standard InChI is InChI=1S/C16H19BrN4O/c1-4-14(17)15(22)20-12-6-5-7-13(9-12)21-16-18-10(2)8-11(3)19-16/h5-9,14H,4H2,1-3H3,(H,20,22)(H,18,19,21). The van der Waals surface area contributed by atoms with E-state index in [2.05, 4.69) is 36.5 Å². The van der Waals surface area contributed by atoms with Crippen molar-refractivity contribution in [3.63, 3.8) is 0 Å². The van der Waals surface area contributed by atoms with Crippen molar-refractivity contribution in [1.82, 2.24) is 9.97 Å². The van der Waals surface area contributed by atoms with Gasteiger partial charge >= 0.3 is 0 Å². The monoisotopic (exact) mass is 362 g/mol. The third kappa shape index (κ3) is 4.53. The molecule has 0 aliphatic carbocycles. The lowest BCUT2D eigenvalue weighted by atomic mass is 10.2. The van der Waals surface area contributed by atoms with E-state index in [1.807, 2.05) is 51.1 Å². The van der Waals surface area contributed by atoms with Gasteiger partial charge in [0.1, 0.15) is 0 Å². The van der Waals surface area contributed by atoms with E-state index in [4.69, 9.17) is 0 Å². The van der Waals surface area contributed by atoms with E-state index in [-0.39, 0.29) is 10.7 Å². The number of carbonyl (C=O) groups excluding carboxylic acids is 1. The summed E-state index contributed by atoms with van der Waals surface area (Å²) in [7, 11) is 0. The summed E-state index contributed by atoms with van der Waals surface area (Å²) in [5.74, 6) is 0.496. The van der Waals surface area contributed by atoms with Crippen molar-refractivity contribution in [2.75, 3.05) is 10.6 Å². The fourth-order valence-corrected chi connectivity index (χ4v) is 2.11. The zero-order chi connectivity index (χ0) is 16.1. The molecule has 0 spiro atoms. The van der Waals surface area contributed by atoms with E-state index in [1.54, 1.807) is 0 Å². The number of amides is 1. The number of carbonyl (C=O) groups is 1. The molecule has 0 saturated heterocycles. The van der Waals surface area contributed by atoms with E-state index >= 15 is 0 Å². The Kier molecular flexibility index (Phi) is 5.49. The van der Waals surface area contributed by atoms with Crippen LogP contribution in [0.5, 0.6) is 0 Å². The van der Waals surface area contributed by atoms with Crippen LogP contribution in [0.3, 0.4) is 0 Å². The first kappa shape index (κ1) is 16.4. The van der Waals surface area contributed by atoms with Crippen molar-refractivity contribution in [2.24, 2.45) is 0 Å². The minimum atomic E-state index is -0.188. The van der Waals surface area contributed by atoms with Gasteiger partial charge in [-0.05, 0) is 44.5 Å². The van der Waals surface area contributed by atoms with Crippen molar-refractivity contribution in [1.29, 1.82) is 0 Å². The highest BCUT2D eigenvalue weighted by Crippen LogP contribution is 2.19. The van der Waals surface area contributed by atoms with Crippen molar-refractivity contribution in [3.8, 4) is 0 Å². The Morgan fingerprint density at radius 1 is 1.18 bits per heavy atom. The Hall–Kier alpha value is -1.95. The number of aryl methyl sites for hydroxylation is 2. The zero-order valence-electron chi connectivity index (χ0n) is 12.9. The summed E-state index contributed by atoms with van der Waals surface area (Å²) >= 11 is 3.34. The van der Waals surface area contributed by atoms with E-state index in [0.29, 0.717) is 5.95 Å². The van der Waals surface area contributed by atoms with E-state index in [1.165, 1.54) is 0 Å². The Morgan fingerprint density at radius 2 is 1.82 bits per heavy atom. The first-order valence-electron chi connectivity index (χ1n) is 7.12. The Morgan fingerprint density at radius 3 is 2.45 bits per heavy atom. The van der Waals surface area contributed by atoms with Crippen LogP contribution in [-0.4, -0.2) is 20.7 Å². The van der Waals surface area contributed by atoms with Crippen LogP contribution in [0.15, 0.2) is 30.3 Å². The third-order valence-electron chi connectivity index (χ3n) is 3.01. The summed E-state index contributed by atoms with van der Waals surface area (Å²) in [5.41, 5.74) is 3.37. The van der Waals surface area contributed by atoms with Crippen LogP contribution in [0.4, 0.5) is 17.3 Å². The molecular weight excluding hydrogens is 344 g/mol. The number of hydrogen-bond acceptors (Lipinski definition) is 4. The predicted octanol–water partition coefficient (Wildman–Crippen LogP) is 3.95. The zero-order valence-corrected chi connectivity index (χ0v) is 14.4. The second-order valence-electron chi connectivity index (χ2n) is 5.05. The van der Waals surface area contributed by atoms with Gasteiger partial charge in [0, 0.05) is 22.8 Å². The SMILES string of the molecule is CCC(Br)C(=O)Nc1cccc(Nc2nc(C)cc(C)n2)c1. The van der Waals surface area contributed by atoms with Gasteiger partial charge in [-0.25, -0.2) is 9.97 Å². The van der Waals surface area contributed by atoms with Crippen LogP contribution < -0.4 is 10.6 Å². The Balaban J connectivity index is 2.13. The molecule has 2 aromatic rings. The molecule has 1 aromatic heterocycles. The first-order chi connectivity index (χ1) is 10.5. The van der Waals surface area contributed by atoms with Gasteiger partial charge in [0.2, 0.25) is 11.9 Å². The molecule has 1 amide bonds. The largest absolute Gasteiger partial charge is 0.325 e. The van der Waals surface area contributed by atoms with Crippen molar-refractivity contribution >= 4 is 39.2 Å². The highest BCUT2D eigenvalue weighted by atomic mass is 79.9. The molecule has 116 valence electrons. The van der Waals surface area contributed by atoms with Gasteiger partial charge in [-0.15, -0.1) is 0 Å². The number of benzene rings is 1. The third-order valence-corrected chi connectivity index (χ3v) is 4.07. The van der Waals surface area contributed by atoms with Gasteiger partial charge in [-0.2, -0.15) is 0 Å². The molecule has 0 saturated carbocycles. The molecule has 0 bridgehead atoms. The molecule has 0 radical (unpaired) electrons. The molecule has 1 atom stereocenters. The molecule has 5 nitrogen and oxygen atoms in total. The maximum Gasteiger partial charge on any atom is 0.238 e. The molecular formula is C16H19BrN4O. The molecule has 6 heteroatoms. The van der Waals surface area contributed by atoms with Crippen molar-refractivity contribution < 1.29 is 4.79 Å². The van der Waals surface area contributed by atoms with Gasteiger partial charge in [-0.3, -0.25) is 4.79 Å². The van der Waals surface area contributed by atoms with Crippen LogP contribution in [0.25, 0.3) is 0 Å². The van der Waals surface area contributed by atoms with Gasteiger partial charge in [-0.1, -0.05) is 28.9 Å². The number of halogens is 1. The van der Waals surface area contributed by atoms with E-state index in [9.17, 15) is 4.79 Å². The fraction of sp³-hybridized carbons (Fsp3) is 0.312. The average Bonchev–Trinajstić information content (AvgIpc) is 2.45. The van der Waals surface area contributed by atoms with Crippen molar-refractivity contribution in [2.45, 2.75) is 32.0 Å². The van der Waals surface area contributed by atoms with Gasteiger partial charge in [0.05, 0.1) is 4.83 Å². The summed E-state index contributed by atoms with van der Waals surface area (Å²) in [6.45, 7) is 5.81. The number of hydrogen-bond donors (Lipinski definition) is 2. The van der Waals surface area contributed by atoms with Crippen LogP contribution in [0.1, 0.15) is 24.7 Å². The highest BCUT2D eigenvalue weighted by Gasteiger charge is 2.12. The van der Waals surface area contributed by atoms with E-state index in [0.717, 1.165) is 29.2 Å². The molecule has 0 aliphatic heterocycles. The minimum absolute atomic E-state index is 0.0534. The number of nitrogens with one attached hydrogen (secondary N) is 2. The lowest BCUT2D eigenvalue weighted by molar-refractivity contribution is -0.115. The minimum Gasteiger partial charge on any atom is -0.325 e. The summed E-state index contributed by atoms with van der Waals surface area (Å²) in [6.07, 6.45) is 0.736. The number of anilines is 3. The quantitative estimate of drug-likeness (QED) is 0.790. The summed E-state index contributed by atoms with van der Waals surface area (Å²) in [5, 5.41) is 6.03. The number of aromatic nitrogens is 2. The van der Waals surface area contributed by atoms with Crippen LogP contribution >= 0.6 is 15.9 Å². The Bertz CT molecular complexity index is 655. The molecule has 1 heterocycles. The predicted molar refractivity (Wildman–Crippen MR) is 92.9 cm³/mol. The lowest BCUT2D eigenvalue weighted by Gasteiger charge is -2.11. The van der Waals surface area contributed by atoms with Crippen LogP contribution in [-0.2, 0) is 4.79 Å². The van der Waals surface area contributed by atoms with Crippen LogP contribution in [0.2, 0.25) is 0 Å². The lowest BCUT2D eigenvalue weighted by Crippen LogP contribution is -2.21. The fourth-order valence-electron chi connectivity index (χ4n) is 1.99. The first-order valence-corrected chi connectivity index (χ1v) is 8.04. The second-order valence-corrected chi connectivity index (χ2v) is 6.15. The highest BCUT2D eigenvalue weighted by molar-refractivity contribution is 9.10. The van der Waals surface area contributed by atoms with Crippen molar-refractivity contribution in [3.05, 3.63) is 41.7 Å². The average molecular weight is 363 g/mol. The normalized spacial score (nSPS) is 11.8. The Labute approximate surface area is 138 Å². The molecule has 1 aromatic carbocycles. The maximum atomic E-state index is 11.9. The molecule has 22 heavy (non-hydrogen) atoms. The van der Waals surface area contributed by atoms with Gasteiger partial charge < -0.3 is 10.6 Å². The summed E-state index contributed by atoms with van der Waals surface area (Å²) in [6, 6.07) is 9.40. The molecule has 1 unspecified atom stereocenters. The van der Waals surface area contributed by atoms with Gasteiger partial charge in [0.25, 0.3) is 0 Å². The summed E-state index contributed by atoms with van der Waals surface area (Å²) in [4.78, 5) is 20.4. The number of alkyl halides is 1. The number of nitrogens with zero attached hydrogens (tertiary/aromatic N) is 2. The molecule has 0 fully saturated rings. The molecule has 0 aliphatic rings. The molecule has 2 rings (SSSR count). The van der Waals surface area contributed by atoms with Gasteiger partial charge in [0.15, 0.2) is 0 Å². The van der Waals surface area contributed by atoms with Crippen LogP contribution in [0, 0.1) is 13.8 Å². The summed E-state index contributed by atoms with van der Waals surface area (Å²) < 4.78 is 0. The maximum absolute atomic E-state index is 11.9. The molecule has 2 N–H and O–H groups in total. The number of rotatable bonds is 5.